The van der Waals surface area contributed by atoms with Crippen molar-refractivity contribution in [3.63, 3.8) is 0 Å². The topological polar surface area (TPSA) is 115 Å². The maximum absolute atomic E-state index is 13.9. The van der Waals surface area contributed by atoms with Crippen LogP contribution in [0.5, 0.6) is 11.6 Å². The number of piperazine rings is 1. The maximum Gasteiger partial charge on any atom is 0.257 e. The standard InChI is InChI=1S/C25H29N5O5/c1-16(31)28-9-10-30-19(14-28)15-35-24-20(6-4-8-26-24)23(33)27-18-11-21(25(30)34)29(13-18)12-17-5-2-3-7-22(17)32/h2-8,18-19,21,32H,9-15H2,1H3,(H,27,33)/t18-,19+,21+/m1/s1. The van der Waals surface area contributed by atoms with Gasteiger partial charge < -0.3 is 25.0 Å². The number of hydrogen-bond donors (Lipinski definition) is 2. The second-order valence-electron chi connectivity index (χ2n) is 9.30. The molecule has 2 aromatic rings. The summed E-state index contributed by atoms with van der Waals surface area (Å²) in [5.41, 5.74) is 1.05. The van der Waals surface area contributed by atoms with E-state index in [0.29, 0.717) is 44.7 Å². The molecule has 0 saturated carbocycles. The molecule has 3 aliphatic heterocycles. The fourth-order valence-corrected chi connectivity index (χ4v) is 5.19. The van der Waals surface area contributed by atoms with Crippen molar-refractivity contribution < 1.29 is 24.2 Å². The number of benzene rings is 1. The van der Waals surface area contributed by atoms with Crippen molar-refractivity contribution in [1.82, 2.24) is 25.0 Å². The average Bonchev–Trinajstić information content (AvgIpc) is 3.25. The van der Waals surface area contributed by atoms with Crippen molar-refractivity contribution >= 4 is 17.7 Å². The number of phenolic OH excluding ortho intramolecular Hbond substituents is 1. The number of aromatic hydroxyl groups is 1. The molecule has 0 aliphatic carbocycles. The Hall–Kier alpha value is -3.66. The number of para-hydroxylation sites is 1. The molecule has 1 aromatic heterocycles. The number of rotatable bonds is 2. The van der Waals surface area contributed by atoms with Crippen molar-refractivity contribution in [2.75, 3.05) is 32.8 Å². The van der Waals surface area contributed by atoms with Gasteiger partial charge >= 0.3 is 0 Å². The van der Waals surface area contributed by atoms with E-state index in [0.717, 1.165) is 5.56 Å². The third kappa shape index (κ3) is 4.66. The highest BCUT2D eigenvalue weighted by molar-refractivity contribution is 5.96. The van der Waals surface area contributed by atoms with E-state index in [1.54, 1.807) is 40.3 Å². The number of hydrogen-bond acceptors (Lipinski definition) is 7. The molecule has 3 amide bonds. The molecule has 0 unspecified atom stereocenters. The average molecular weight is 480 g/mol. The van der Waals surface area contributed by atoms with Gasteiger partial charge in [-0.25, -0.2) is 4.98 Å². The summed E-state index contributed by atoms with van der Waals surface area (Å²) in [5, 5.41) is 13.4. The van der Waals surface area contributed by atoms with E-state index in [1.165, 1.54) is 6.92 Å². The van der Waals surface area contributed by atoms with Crippen LogP contribution < -0.4 is 10.1 Å². The first-order valence-corrected chi connectivity index (χ1v) is 11.9. The zero-order valence-corrected chi connectivity index (χ0v) is 19.6. The lowest BCUT2D eigenvalue weighted by Gasteiger charge is -2.42. The summed E-state index contributed by atoms with van der Waals surface area (Å²) in [7, 11) is 0. The first-order chi connectivity index (χ1) is 16.9. The summed E-state index contributed by atoms with van der Waals surface area (Å²) in [6.45, 7) is 3.68. The van der Waals surface area contributed by atoms with Gasteiger partial charge in [-0.15, -0.1) is 0 Å². The van der Waals surface area contributed by atoms with Crippen LogP contribution in [0.3, 0.4) is 0 Å². The molecule has 4 heterocycles. The van der Waals surface area contributed by atoms with Crippen LogP contribution in [0.4, 0.5) is 0 Å². The van der Waals surface area contributed by atoms with Gasteiger partial charge in [0.2, 0.25) is 17.7 Å². The zero-order valence-electron chi connectivity index (χ0n) is 19.6. The van der Waals surface area contributed by atoms with Crippen LogP contribution in [0.1, 0.15) is 29.3 Å². The third-order valence-electron chi connectivity index (χ3n) is 7.03. The second kappa shape index (κ2) is 9.53. The zero-order chi connectivity index (χ0) is 24.5. The summed E-state index contributed by atoms with van der Waals surface area (Å²) < 4.78 is 5.96. The van der Waals surface area contributed by atoms with Gasteiger partial charge in [0.05, 0.1) is 12.1 Å². The minimum atomic E-state index is -0.473. The Morgan fingerprint density at radius 2 is 2.00 bits per heavy atom. The SMILES string of the molecule is CC(=O)N1CCN2C(=O)[C@@H]3C[C@H](CN3Cc3ccccc3O)NC(=O)c3cccnc3OC[C@@H]2C1. The first-order valence-electron chi connectivity index (χ1n) is 11.9. The van der Waals surface area contributed by atoms with Crippen molar-refractivity contribution in [3.8, 4) is 11.6 Å². The number of nitrogens with zero attached hydrogens (tertiary/aromatic N) is 4. The molecule has 0 spiro atoms. The monoisotopic (exact) mass is 479 g/mol. The molecule has 1 aromatic carbocycles. The molecule has 2 bridgehead atoms. The minimum absolute atomic E-state index is 0.0526. The number of aromatic nitrogens is 1. The van der Waals surface area contributed by atoms with Crippen molar-refractivity contribution in [2.24, 2.45) is 0 Å². The van der Waals surface area contributed by atoms with E-state index in [1.807, 2.05) is 17.0 Å². The number of fused-ring (bicyclic) bond motifs is 4. The summed E-state index contributed by atoms with van der Waals surface area (Å²) in [5.74, 6) is -0.0388. The van der Waals surface area contributed by atoms with Gasteiger partial charge in [-0.05, 0) is 24.6 Å². The second-order valence-corrected chi connectivity index (χ2v) is 9.30. The number of nitrogens with one attached hydrogen (secondary N) is 1. The van der Waals surface area contributed by atoms with E-state index in [-0.39, 0.29) is 48.0 Å². The molecule has 3 aliphatic rings. The van der Waals surface area contributed by atoms with Crippen LogP contribution in [0, 0.1) is 0 Å². The van der Waals surface area contributed by atoms with Crippen LogP contribution in [-0.2, 0) is 16.1 Å². The number of amides is 3. The van der Waals surface area contributed by atoms with Crippen molar-refractivity contribution in [2.45, 2.75) is 38.0 Å². The Bertz CT molecular complexity index is 1140. The van der Waals surface area contributed by atoms with E-state index in [4.69, 9.17) is 4.74 Å². The van der Waals surface area contributed by atoms with Gasteiger partial charge in [0.1, 0.15) is 17.9 Å². The fraction of sp³-hybridized carbons (Fsp3) is 0.440. The van der Waals surface area contributed by atoms with E-state index >= 15 is 0 Å². The highest BCUT2D eigenvalue weighted by Gasteiger charge is 2.43. The Labute approximate surface area is 203 Å². The van der Waals surface area contributed by atoms with Crippen LogP contribution in [-0.4, -0.2) is 93.4 Å². The smallest absolute Gasteiger partial charge is 0.257 e. The Morgan fingerprint density at radius 1 is 1.17 bits per heavy atom. The van der Waals surface area contributed by atoms with E-state index < -0.39 is 6.04 Å². The van der Waals surface area contributed by atoms with Gasteiger partial charge in [0.25, 0.3) is 5.91 Å². The first kappa shape index (κ1) is 23.1. The number of pyridine rings is 1. The Morgan fingerprint density at radius 3 is 2.80 bits per heavy atom. The lowest BCUT2D eigenvalue weighted by Crippen LogP contribution is -2.61. The van der Waals surface area contributed by atoms with Gasteiger partial charge in [-0.2, -0.15) is 0 Å². The highest BCUT2D eigenvalue weighted by Crippen LogP contribution is 2.28. The molecule has 10 heteroatoms. The summed E-state index contributed by atoms with van der Waals surface area (Å²) in [4.78, 5) is 48.8. The fourth-order valence-electron chi connectivity index (χ4n) is 5.19. The Balaban J connectivity index is 1.49. The van der Waals surface area contributed by atoms with Gasteiger partial charge in [-0.3, -0.25) is 19.3 Å². The number of carbonyl (C=O) groups excluding carboxylic acids is 3. The van der Waals surface area contributed by atoms with E-state index in [9.17, 15) is 19.5 Å². The third-order valence-corrected chi connectivity index (χ3v) is 7.03. The number of ether oxygens (including phenoxy) is 1. The molecular formula is C25H29N5O5. The molecule has 3 atom stereocenters. The summed E-state index contributed by atoms with van der Waals surface area (Å²) in [6.07, 6.45) is 2.01. The van der Waals surface area contributed by atoms with E-state index in [2.05, 4.69) is 10.3 Å². The predicted molar refractivity (Wildman–Crippen MR) is 126 cm³/mol. The Kier molecular flexibility index (Phi) is 6.29. The quantitative estimate of drug-likeness (QED) is 0.649. The van der Waals surface area contributed by atoms with Gasteiger partial charge in [0.15, 0.2) is 0 Å². The van der Waals surface area contributed by atoms with Crippen LogP contribution in [0.25, 0.3) is 0 Å². The summed E-state index contributed by atoms with van der Waals surface area (Å²) >= 11 is 0. The highest BCUT2D eigenvalue weighted by atomic mass is 16.5. The van der Waals surface area contributed by atoms with Gasteiger partial charge in [0, 0.05) is 57.4 Å². The predicted octanol–water partition coefficient (Wildman–Crippen LogP) is 0.612. The lowest BCUT2D eigenvalue weighted by molar-refractivity contribution is -0.146. The number of carbonyl (C=O) groups is 3. The minimum Gasteiger partial charge on any atom is -0.508 e. The molecule has 184 valence electrons. The van der Waals surface area contributed by atoms with Crippen LogP contribution in [0.15, 0.2) is 42.6 Å². The largest absolute Gasteiger partial charge is 0.508 e. The van der Waals surface area contributed by atoms with Crippen molar-refractivity contribution in [3.05, 3.63) is 53.7 Å². The molecule has 0 radical (unpaired) electrons. The van der Waals surface area contributed by atoms with Crippen LogP contribution in [0.2, 0.25) is 0 Å². The summed E-state index contributed by atoms with van der Waals surface area (Å²) in [6, 6.07) is 9.32. The normalized spacial score (nSPS) is 25.0. The molecule has 5 rings (SSSR count). The lowest BCUT2D eigenvalue weighted by atomic mass is 10.1. The van der Waals surface area contributed by atoms with Crippen molar-refractivity contribution in [1.29, 1.82) is 0 Å². The van der Waals surface area contributed by atoms with Crippen LogP contribution >= 0.6 is 0 Å². The number of phenols is 1. The maximum atomic E-state index is 13.9. The molecule has 2 saturated heterocycles. The number of likely N-dealkylation sites (tertiary alicyclic amines) is 1. The molecular weight excluding hydrogens is 450 g/mol. The molecule has 2 N–H and O–H groups in total. The molecule has 10 nitrogen and oxygen atoms in total. The van der Waals surface area contributed by atoms with Gasteiger partial charge in [-0.1, -0.05) is 18.2 Å². The molecule has 2 fully saturated rings. The molecule has 35 heavy (non-hydrogen) atoms.